The van der Waals surface area contributed by atoms with Crippen LogP contribution >= 0.6 is 11.3 Å². The first kappa shape index (κ1) is 15.4. The summed E-state index contributed by atoms with van der Waals surface area (Å²) >= 11 is 1.19. The van der Waals surface area contributed by atoms with Crippen LogP contribution in [0.2, 0.25) is 0 Å². The van der Waals surface area contributed by atoms with Gasteiger partial charge in [-0.25, -0.2) is 9.78 Å². The van der Waals surface area contributed by atoms with E-state index in [1.807, 2.05) is 12.1 Å². The summed E-state index contributed by atoms with van der Waals surface area (Å²) in [5, 5.41) is 0.481. The monoisotopic (exact) mass is 329 g/mol. The quantitative estimate of drug-likeness (QED) is 0.687. The number of hydrogen-bond donors (Lipinski definition) is 0. The van der Waals surface area contributed by atoms with Crippen molar-refractivity contribution in [1.82, 2.24) is 14.5 Å². The van der Waals surface area contributed by atoms with Crippen LogP contribution in [0.1, 0.15) is 27.7 Å². The van der Waals surface area contributed by atoms with E-state index in [2.05, 4.69) is 9.97 Å². The lowest BCUT2D eigenvalue weighted by atomic mass is 10.2. The first-order chi connectivity index (χ1) is 11.1. The number of carbonyl (C=O) groups is 1. The van der Waals surface area contributed by atoms with Crippen LogP contribution < -0.4 is 5.56 Å². The molecule has 7 heteroatoms. The number of pyridine rings is 1. The van der Waals surface area contributed by atoms with Crippen LogP contribution in [-0.2, 0) is 11.3 Å². The van der Waals surface area contributed by atoms with E-state index in [4.69, 9.17) is 4.74 Å². The van der Waals surface area contributed by atoms with E-state index in [1.165, 1.54) is 22.2 Å². The van der Waals surface area contributed by atoms with Gasteiger partial charge >= 0.3 is 5.97 Å². The first-order valence-corrected chi connectivity index (χ1v) is 7.98. The van der Waals surface area contributed by atoms with Crippen LogP contribution in [0.3, 0.4) is 0 Å². The Morgan fingerprint density at radius 1 is 1.35 bits per heavy atom. The van der Waals surface area contributed by atoms with Crippen molar-refractivity contribution >= 4 is 27.5 Å². The van der Waals surface area contributed by atoms with Gasteiger partial charge in [0.15, 0.2) is 0 Å². The second kappa shape index (κ2) is 6.29. The van der Waals surface area contributed by atoms with Crippen molar-refractivity contribution in [3.05, 3.63) is 57.2 Å². The minimum atomic E-state index is -0.409. The van der Waals surface area contributed by atoms with Gasteiger partial charge in [-0.05, 0) is 37.1 Å². The molecule has 0 amide bonds. The number of carbonyl (C=O) groups excluding carboxylic acids is 1. The molecule has 0 aliphatic carbocycles. The Balaban J connectivity index is 2.07. The molecule has 3 aromatic heterocycles. The molecule has 0 fully saturated rings. The Kier molecular flexibility index (Phi) is 4.20. The topological polar surface area (TPSA) is 74.1 Å². The number of rotatable bonds is 4. The van der Waals surface area contributed by atoms with E-state index in [0.717, 1.165) is 5.56 Å². The van der Waals surface area contributed by atoms with Crippen molar-refractivity contribution in [3.8, 4) is 0 Å². The third kappa shape index (κ3) is 2.87. The van der Waals surface area contributed by atoms with Gasteiger partial charge < -0.3 is 4.74 Å². The van der Waals surface area contributed by atoms with E-state index in [-0.39, 0.29) is 5.56 Å². The summed E-state index contributed by atoms with van der Waals surface area (Å²) in [5.41, 5.74) is 1.43. The average Bonchev–Trinajstić information content (AvgIpc) is 2.89. The average molecular weight is 329 g/mol. The molecule has 0 atom stereocenters. The Bertz CT molecular complexity index is 915. The van der Waals surface area contributed by atoms with Crippen LogP contribution in [0.15, 0.2) is 35.6 Å². The molecule has 3 rings (SSSR count). The van der Waals surface area contributed by atoms with Gasteiger partial charge in [-0.15, -0.1) is 11.3 Å². The fraction of sp³-hybridized carbons (Fsp3) is 0.250. The molecule has 0 aromatic carbocycles. The van der Waals surface area contributed by atoms with Gasteiger partial charge in [0.1, 0.15) is 9.71 Å². The summed E-state index contributed by atoms with van der Waals surface area (Å²) < 4.78 is 6.57. The molecule has 3 aromatic rings. The summed E-state index contributed by atoms with van der Waals surface area (Å²) in [6.07, 6.45) is 4.87. The lowest BCUT2D eigenvalue weighted by molar-refractivity contribution is 0.0531. The predicted molar refractivity (Wildman–Crippen MR) is 87.9 cm³/mol. The molecule has 0 aliphatic heterocycles. The number of nitrogens with zero attached hydrogens (tertiary/aromatic N) is 3. The zero-order chi connectivity index (χ0) is 16.4. The molecule has 118 valence electrons. The van der Waals surface area contributed by atoms with Crippen LogP contribution in [0.4, 0.5) is 0 Å². The fourth-order valence-corrected chi connectivity index (χ4v) is 3.38. The smallest absolute Gasteiger partial charge is 0.348 e. The highest BCUT2D eigenvalue weighted by Gasteiger charge is 2.20. The number of aryl methyl sites for hydroxylation is 1. The van der Waals surface area contributed by atoms with Gasteiger partial charge in [0, 0.05) is 12.4 Å². The van der Waals surface area contributed by atoms with Crippen molar-refractivity contribution < 1.29 is 9.53 Å². The minimum Gasteiger partial charge on any atom is -0.462 e. The zero-order valence-corrected chi connectivity index (χ0v) is 13.6. The third-order valence-corrected chi connectivity index (χ3v) is 4.66. The summed E-state index contributed by atoms with van der Waals surface area (Å²) in [6, 6.07) is 3.70. The molecule has 6 nitrogen and oxygen atoms in total. The van der Waals surface area contributed by atoms with Gasteiger partial charge in [0.25, 0.3) is 5.56 Å². The molecule has 0 aliphatic rings. The van der Waals surface area contributed by atoms with Gasteiger partial charge in [-0.3, -0.25) is 14.3 Å². The zero-order valence-electron chi connectivity index (χ0n) is 12.8. The molecule has 0 spiro atoms. The highest BCUT2D eigenvalue weighted by atomic mass is 32.1. The Hall–Kier alpha value is -2.54. The predicted octanol–water partition coefficient (Wildman–Crippen LogP) is 2.39. The van der Waals surface area contributed by atoms with Gasteiger partial charge in [-0.2, -0.15) is 0 Å². The minimum absolute atomic E-state index is 0.156. The molecule has 0 unspecified atom stereocenters. The van der Waals surface area contributed by atoms with E-state index in [9.17, 15) is 9.59 Å². The molecular formula is C16H15N3O3S. The third-order valence-electron chi connectivity index (χ3n) is 3.48. The summed E-state index contributed by atoms with van der Waals surface area (Å²) in [7, 11) is 0. The maximum Gasteiger partial charge on any atom is 0.348 e. The largest absolute Gasteiger partial charge is 0.462 e. The number of esters is 1. The Morgan fingerprint density at radius 3 is 2.78 bits per heavy atom. The number of aromatic nitrogens is 3. The number of thiophene rings is 1. The van der Waals surface area contributed by atoms with Gasteiger partial charge in [0.05, 0.1) is 24.9 Å². The Morgan fingerprint density at radius 2 is 2.09 bits per heavy atom. The number of hydrogen-bond acceptors (Lipinski definition) is 6. The number of fused-ring (bicyclic) bond motifs is 1. The SMILES string of the molecule is CCOC(=O)c1sc2ncn(Cc3ccncc3)c(=O)c2c1C. The van der Waals surface area contributed by atoms with Crippen LogP contribution in [0, 0.1) is 6.92 Å². The summed E-state index contributed by atoms with van der Waals surface area (Å²) in [5.74, 6) is -0.409. The molecule has 23 heavy (non-hydrogen) atoms. The van der Waals surface area contributed by atoms with Gasteiger partial charge in [0.2, 0.25) is 0 Å². The number of ether oxygens (including phenoxy) is 1. The van der Waals surface area contributed by atoms with Crippen molar-refractivity contribution in [2.24, 2.45) is 0 Å². The van der Waals surface area contributed by atoms with E-state index in [0.29, 0.717) is 33.8 Å². The molecule has 0 radical (unpaired) electrons. The Labute approximate surface area is 136 Å². The van der Waals surface area contributed by atoms with Crippen molar-refractivity contribution in [3.63, 3.8) is 0 Å². The van der Waals surface area contributed by atoms with Gasteiger partial charge in [-0.1, -0.05) is 0 Å². The highest BCUT2D eigenvalue weighted by molar-refractivity contribution is 7.20. The van der Waals surface area contributed by atoms with Crippen LogP contribution in [-0.4, -0.2) is 27.1 Å². The fourth-order valence-electron chi connectivity index (χ4n) is 2.35. The van der Waals surface area contributed by atoms with Crippen LogP contribution in [0.25, 0.3) is 10.2 Å². The molecule has 0 saturated heterocycles. The normalized spacial score (nSPS) is 10.9. The first-order valence-electron chi connectivity index (χ1n) is 7.16. The lowest BCUT2D eigenvalue weighted by Gasteiger charge is -2.05. The molecule has 0 N–H and O–H groups in total. The van der Waals surface area contributed by atoms with E-state index in [1.54, 1.807) is 26.2 Å². The second-order valence-electron chi connectivity index (χ2n) is 4.99. The lowest BCUT2D eigenvalue weighted by Crippen LogP contribution is -2.21. The maximum absolute atomic E-state index is 12.7. The van der Waals surface area contributed by atoms with Crippen molar-refractivity contribution in [2.75, 3.05) is 6.61 Å². The van der Waals surface area contributed by atoms with Crippen molar-refractivity contribution in [1.29, 1.82) is 0 Å². The molecule has 3 heterocycles. The van der Waals surface area contributed by atoms with E-state index < -0.39 is 5.97 Å². The molecular weight excluding hydrogens is 314 g/mol. The maximum atomic E-state index is 12.7. The summed E-state index contributed by atoms with van der Waals surface area (Å²) in [4.78, 5) is 34.0. The summed E-state index contributed by atoms with van der Waals surface area (Å²) in [6.45, 7) is 4.21. The molecule has 0 bridgehead atoms. The highest BCUT2D eigenvalue weighted by Crippen LogP contribution is 2.27. The van der Waals surface area contributed by atoms with Crippen LogP contribution in [0.5, 0.6) is 0 Å². The standard InChI is InChI=1S/C16H15N3O3S/c1-3-22-16(21)13-10(2)12-14(23-13)18-9-19(15(12)20)8-11-4-6-17-7-5-11/h4-7,9H,3,8H2,1-2H3. The molecule has 0 saturated carbocycles. The second-order valence-corrected chi connectivity index (χ2v) is 5.99. The van der Waals surface area contributed by atoms with Crippen molar-refractivity contribution in [2.45, 2.75) is 20.4 Å². The van der Waals surface area contributed by atoms with E-state index >= 15 is 0 Å².